The van der Waals surface area contributed by atoms with Crippen molar-refractivity contribution in [3.63, 3.8) is 0 Å². The van der Waals surface area contributed by atoms with Gasteiger partial charge in [-0.2, -0.15) is 0 Å². The molecule has 0 aromatic heterocycles. The molecule has 0 saturated carbocycles. The molecule has 0 radical (unpaired) electrons. The second-order valence-electron chi connectivity index (χ2n) is 8.77. The zero-order chi connectivity index (χ0) is 20.5. The molecule has 0 unspecified atom stereocenters. The van der Waals surface area contributed by atoms with Crippen LogP contribution >= 0.6 is 0 Å². The quantitative estimate of drug-likeness (QED) is 0.868. The molecule has 1 aromatic rings. The molecular weight excluding hydrogens is 348 g/mol. The summed E-state index contributed by atoms with van der Waals surface area (Å²) in [4.78, 5) is 26.3. The highest BCUT2D eigenvalue weighted by atomic mass is 16.6. The van der Waals surface area contributed by atoms with Crippen molar-refractivity contribution in [1.82, 2.24) is 10.2 Å². The van der Waals surface area contributed by atoms with Gasteiger partial charge in [-0.05, 0) is 59.2 Å². The average Bonchev–Trinajstić information content (AvgIpc) is 2.47. The summed E-state index contributed by atoms with van der Waals surface area (Å²) in [5.74, 6) is 0.717. The number of benzene rings is 1. The Bertz CT molecular complexity index is 680. The number of hydrogen-bond donors (Lipinski definition) is 1. The molecule has 2 rings (SSSR count). The largest absolute Gasteiger partial charge is 0.497 e. The van der Waals surface area contributed by atoms with Gasteiger partial charge in [-0.1, -0.05) is 12.1 Å². The van der Waals surface area contributed by atoms with E-state index < -0.39 is 28.9 Å². The predicted molar refractivity (Wildman–Crippen MR) is 102 cm³/mol. The van der Waals surface area contributed by atoms with Crippen molar-refractivity contribution in [2.45, 2.75) is 58.3 Å². The van der Waals surface area contributed by atoms with Crippen molar-refractivity contribution in [3.8, 4) is 5.75 Å². The first-order chi connectivity index (χ1) is 12.3. The lowest BCUT2D eigenvalue weighted by Crippen LogP contribution is -2.69. The van der Waals surface area contributed by atoms with E-state index in [1.807, 2.05) is 45.0 Å². The molecule has 0 atom stereocenters. The first kappa shape index (κ1) is 20.9. The SMILES string of the molecule is COc1ccc(C2(NC(=O)OC(C)(C)C)CN(C(=O)OC(C)(C)C)C2)cc1. The summed E-state index contributed by atoms with van der Waals surface area (Å²) >= 11 is 0. The van der Waals surface area contributed by atoms with Crippen LogP contribution in [0.25, 0.3) is 0 Å². The number of likely N-dealkylation sites (tertiary alicyclic amines) is 1. The third-order valence-electron chi connectivity index (χ3n) is 3.96. The first-order valence-corrected chi connectivity index (χ1v) is 8.97. The van der Waals surface area contributed by atoms with Gasteiger partial charge in [-0.3, -0.25) is 0 Å². The minimum atomic E-state index is -0.731. The van der Waals surface area contributed by atoms with Gasteiger partial charge in [0.15, 0.2) is 0 Å². The lowest BCUT2D eigenvalue weighted by atomic mass is 9.82. The van der Waals surface area contributed by atoms with E-state index in [-0.39, 0.29) is 0 Å². The normalized spacial score (nSPS) is 16.2. The van der Waals surface area contributed by atoms with Crippen LogP contribution in [-0.4, -0.2) is 48.5 Å². The maximum absolute atomic E-state index is 12.4. The van der Waals surface area contributed by atoms with Gasteiger partial charge in [-0.15, -0.1) is 0 Å². The molecule has 1 N–H and O–H groups in total. The Morgan fingerprint density at radius 1 is 0.963 bits per heavy atom. The van der Waals surface area contributed by atoms with Crippen molar-refractivity contribution >= 4 is 12.2 Å². The van der Waals surface area contributed by atoms with E-state index in [4.69, 9.17) is 14.2 Å². The molecule has 150 valence electrons. The number of methoxy groups -OCH3 is 1. The van der Waals surface area contributed by atoms with Crippen molar-refractivity contribution < 1.29 is 23.8 Å². The summed E-state index contributed by atoms with van der Waals surface area (Å²) in [5, 5.41) is 2.94. The summed E-state index contributed by atoms with van der Waals surface area (Å²) in [5.41, 5.74) is -1.05. The van der Waals surface area contributed by atoms with E-state index in [1.54, 1.807) is 32.8 Å². The highest BCUT2D eigenvalue weighted by Gasteiger charge is 2.49. The Balaban J connectivity index is 2.18. The van der Waals surface area contributed by atoms with Crippen LogP contribution in [0.3, 0.4) is 0 Å². The maximum Gasteiger partial charge on any atom is 0.410 e. The van der Waals surface area contributed by atoms with Gasteiger partial charge in [-0.25, -0.2) is 9.59 Å². The highest BCUT2D eigenvalue weighted by Crippen LogP contribution is 2.34. The molecule has 1 fully saturated rings. The molecular formula is C20H30N2O5. The van der Waals surface area contributed by atoms with Crippen LogP contribution in [-0.2, 0) is 15.0 Å². The van der Waals surface area contributed by atoms with Crippen molar-refractivity contribution in [1.29, 1.82) is 0 Å². The zero-order valence-corrected chi connectivity index (χ0v) is 17.2. The van der Waals surface area contributed by atoms with Crippen LogP contribution in [0.2, 0.25) is 0 Å². The molecule has 1 aliphatic heterocycles. The Morgan fingerprint density at radius 2 is 1.48 bits per heavy atom. The summed E-state index contributed by atoms with van der Waals surface area (Å²) in [6, 6.07) is 7.40. The van der Waals surface area contributed by atoms with Crippen molar-refractivity contribution in [2.75, 3.05) is 20.2 Å². The van der Waals surface area contributed by atoms with E-state index in [2.05, 4.69) is 5.32 Å². The summed E-state index contributed by atoms with van der Waals surface area (Å²) in [6.07, 6.45) is -0.931. The Hall–Kier alpha value is -2.44. The molecule has 27 heavy (non-hydrogen) atoms. The fourth-order valence-electron chi connectivity index (χ4n) is 2.80. The lowest BCUT2D eigenvalue weighted by Gasteiger charge is -2.50. The predicted octanol–water partition coefficient (Wildman–Crippen LogP) is 3.67. The number of nitrogens with one attached hydrogen (secondary N) is 1. The van der Waals surface area contributed by atoms with Gasteiger partial charge in [0.05, 0.1) is 20.2 Å². The second-order valence-corrected chi connectivity index (χ2v) is 8.77. The van der Waals surface area contributed by atoms with Crippen molar-refractivity contribution in [2.24, 2.45) is 0 Å². The molecule has 1 aromatic carbocycles. The first-order valence-electron chi connectivity index (χ1n) is 8.97. The number of carbonyl (C=O) groups excluding carboxylic acids is 2. The smallest absolute Gasteiger partial charge is 0.410 e. The van der Waals surface area contributed by atoms with Crippen LogP contribution in [0, 0.1) is 0 Å². The van der Waals surface area contributed by atoms with Crippen LogP contribution in [0.4, 0.5) is 9.59 Å². The number of ether oxygens (including phenoxy) is 3. The van der Waals surface area contributed by atoms with Gasteiger partial charge in [0, 0.05) is 0 Å². The van der Waals surface area contributed by atoms with E-state index in [0.717, 1.165) is 11.3 Å². The minimum absolute atomic E-state index is 0.299. The van der Waals surface area contributed by atoms with E-state index in [0.29, 0.717) is 13.1 Å². The van der Waals surface area contributed by atoms with Crippen LogP contribution in [0.15, 0.2) is 24.3 Å². The standard InChI is InChI=1S/C20H30N2O5/c1-18(2,3)26-16(23)21-20(14-8-10-15(25-7)11-9-14)12-22(13-20)17(24)27-19(4,5)6/h8-11H,12-13H2,1-7H3,(H,21,23). The van der Waals surface area contributed by atoms with Crippen LogP contribution in [0.5, 0.6) is 5.75 Å². The minimum Gasteiger partial charge on any atom is -0.497 e. The van der Waals surface area contributed by atoms with Crippen LogP contribution in [0.1, 0.15) is 47.1 Å². The fraction of sp³-hybridized carbons (Fsp3) is 0.600. The van der Waals surface area contributed by atoms with Gasteiger partial charge in [0.1, 0.15) is 22.5 Å². The van der Waals surface area contributed by atoms with E-state index in [9.17, 15) is 9.59 Å². The lowest BCUT2D eigenvalue weighted by molar-refractivity contribution is -0.0230. The number of hydrogen-bond acceptors (Lipinski definition) is 5. The molecule has 7 heteroatoms. The summed E-state index contributed by atoms with van der Waals surface area (Å²) < 4.78 is 16.0. The molecule has 1 saturated heterocycles. The molecule has 0 bridgehead atoms. The Morgan fingerprint density at radius 3 is 1.93 bits per heavy atom. The number of alkyl carbamates (subject to hydrolysis) is 1. The summed E-state index contributed by atoms with van der Waals surface area (Å²) in [6.45, 7) is 11.5. The fourth-order valence-corrected chi connectivity index (χ4v) is 2.80. The molecule has 2 amide bonds. The van der Waals surface area contributed by atoms with Crippen LogP contribution < -0.4 is 10.1 Å². The van der Waals surface area contributed by atoms with E-state index >= 15 is 0 Å². The molecule has 1 heterocycles. The number of rotatable bonds is 3. The third kappa shape index (κ3) is 5.52. The Kier molecular flexibility index (Phi) is 5.63. The number of nitrogens with zero attached hydrogens (tertiary/aromatic N) is 1. The van der Waals surface area contributed by atoms with Gasteiger partial charge >= 0.3 is 12.2 Å². The summed E-state index contributed by atoms with van der Waals surface area (Å²) in [7, 11) is 1.59. The number of amides is 2. The second kappa shape index (κ2) is 7.29. The Labute approximate surface area is 161 Å². The highest BCUT2D eigenvalue weighted by molar-refractivity contribution is 5.73. The molecule has 0 spiro atoms. The molecule has 0 aliphatic carbocycles. The average molecular weight is 378 g/mol. The third-order valence-corrected chi connectivity index (χ3v) is 3.96. The van der Waals surface area contributed by atoms with Crippen molar-refractivity contribution in [3.05, 3.63) is 29.8 Å². The zero-order valence-electron chi connectivity index (χ0n) is 17.2. The van der Waals surface area contributed by atoms with Gasteiger partial charge in [0.25, 0.3) is 0 Å². The number of carbonyl (C=O) groups is 2. The van der Waals surface area contributed by atoms with Gasteiger partial charge < -0.3 is 24.4 Å². The van der Waals surface area contributed by atoms with E-state index in [1.165, 1.54) is 0 Å². The molecule has 7 nitrogen and oxygen atoms in total. The van der Waals surface area contributed by atoms with Gasteiger partial charge in [0.2, 0.25) is 0 Å². The maximum atomic E-state index is 12.4. The molecule has 1 aliphatic rings. The monoisotopic (exact) mass is 378 g/mol. The topological polar surface area (TPSA) is 77.1 Å².